The predicted molar refractivity (Wildman–Crippen MR) is 107 cm³/mol. The summed E-state index contributed by atoms with van der Waals surface area (Å²) in [6, 6.07) is 11.3. The first-order valence-electron chi connectivity index (χ1n) is 8.31. The van der Waals surface area contributed by atoms with Gasteiger partial charge in [0, 0.05) is 17.0 Å². The Balaban J connectivity index is 1.86. The second-order valence-corrected chi connectivity index (χ2v) is 7.46. The van der Waals surface area contributed by atoms with E-state index in [9.17, 15) is 9.18 Å². The highest BCUT2D eigenvalue weighted by molar-refractivity contribution is 8.14. The molecule has 0 aromatic heterocycles. The van der Waals surface area contributed by atoms with Gasteiger partial charge in [-0.3, -0.25) is 9.80 Å². The maximum Gasteiger partial charge on any atom is 0.255 e. The monoisotopic (exact) mass is 402 g/mol. The number of fused-ring (bicyclic) bond motifs is 3. The van der Waals surface area contributed by atoms with Gasteiger partial charge in [-0.1, -0.05) is 53.7 Å². The molecular formula is C19H16ClFN4OS. The van der Waals surface area contributed by atoms with E-state index in [1.54, 1.807) is 23.2 Å². The Morgan fingerprint density at radius 1 is 1.30 bits per heavy atom. The number of halogens is 2. The largest absolute Gasteiger partial charge is 0.360 e. The van der Waals surface area contributed by atoms with Crippen LogP contribution in [0.2, 0.25) is 5.02 Å². The molecule has 0 radical (unpaired) electrons. The molecule has 2 heterocycles. The number of carbonyl (C=O) groups is 1. The molecular weight excluding hydrogens is 387 g/mol. The Labute approximate surface area is 165 Å². The third kappa shape index (κ3) is 3.17. The average Bonchev–Trinajstić information content (AvgIpc) is 2.66. The lowest BCUT2D eigenvalue weighted by molar-refractivity contribution is -0.127. The third-order valence-corrected chi connectivity index (χ3v) is 5.56. The molecule has 2 aliphatic heterocycles. The molecule has 0 saturated heterocycles. The number of nitrogens with zero attached hydrogens (tertiary/aromatic N) is 2. The summed E-state index contributed by atoms with van der Waals surface area (Å²) in [6.45, 7) is 3.68. The van der Waals surface area contributed by atoms with Gasteiger partial charge in [-0.15, -0.1) is 11.7 Å². The van der Waals surface area contributed by atoms with Crippen molar-refractivity contribution >= 4 is 40.1 Å². The molecule has 138 valence electrons. The van der Waals surface area contributed by atoms with Crippen LogP contribution in [0.3, 0.4) is 0 Å². The van der Waals surface area contributed by atoms with Gasteiger partial charge >= 0.3 is 0 Å². The van der Waals surface area contributed by atoms with Gasteiger partial charge < -0.3 is 10.6 Å². The molecule has 0 aliphatic carbocycles. The maximum atomic E-state index is 14.6. The van der Waals surface area contributed by atoms with Crippen LogP contribution in [0.25, 0.3) is 0 Å². The molecule has 8 heteroatoms. The Bertz CT molecular complexity index is 931. The van der Waals surface area contributed by atoms with Gasteiger partial charge in [-0.2, -0.15) is 0 Å². The number of rotatable bonds is 3. The van der Waals surface area contributed by atoms with E-state index in [2.05, 4.69) is 22.3 Å². The maximum absolute atomic E-state index is 14.6. The van der Waals surface area contributed by atoms with E-state index in [0.717, 1.165) is 11.3 Å². The van der Waals surface area contributed by atoms with E-state index in [-0.39, 0.29) is 16.5 Å². The summed E-state index contributed by atoms with van der Waals surface area (Å²) in [6.07, 6.45) is 1.00. The molecule has 27 heavy (non-hydrogen) atoms. The van der Waals surface area contributed by atoms with Gasteiger partial charge in [0.2, 0.25) is 0 Å². The molecule has 5 nitrogen and oxygen atoms in total. The fourth-order valence-corrected chi connectivity index (χ4v) is 4.10. The summed E-state index contributed by atoms with van der Waals surface area (Å²) in [7, 11) is 0. The van der Waals surface area contributed by atoms with Crippen LogP contribution in [-0.4, -0.2) is 21.8 Å². The van der Waals surface area contributed by atoms with Crippen molar-refractivity contribution in [2.75, 3.05) is 11.1 Å². The first kappa shape index (κ1) is 17.9. The normalized spacial score (nSPS) is 20.7. The fourth-order valence-electron chi connectivity index (χ4n) is 3.23. The van der Waals surface area contributed by atoms with E-state index in [0.29, 0.717) is 10.9 Å². The molecule has 2 aromatic carbocycles. The summed E-state index contributed by atoms with van der Waals surface area (Å²) >= 11 is 7.65. The van der Waals surface area contributed by atoms with Gasteiger partial charge in [-0.25, -0.2) is 4.39 Å². The summed E-state index contributed by atoms with van der Waals surface area (Å²) < 4.78 is 14.6. The van der Waals surface area contributed by atoms with Crippen molar-refractivity contribution in [2.24, 2.45) is 5.10 Å². The number of anilines is 1. The zero-order valence-corrected chi connectivity index (χ0v) is 15.7. The molecule has 0 spiro atoms. The van der Waals surface area contributed by atoms with Crippen LogP contribution < -0.4 is 10.6 Å². The van der Waals surface area contributed by atoms with Crippen LogP contribution in [0.4, 0.5) is 10.1 Å². The van der Waals surface area contributed by atoms with E-state index >= 15 is 0 Å². The fraction of sp³-hybridized carbons (Fsp3) is 0.158. The topological polar surface area (TPSA) is 56.7 Å². The minimum absolute atomic E-state index is 0.219. The van der Waals surface area contributed by atoms with Crippen molar-refractivity contribution in [2.45, 2.75) is 12.2 Å². The molecule has 2 aromatic rings. The molecule has 0 unspecified atom stereocenters. The van der Waals surface area contributed by atoms with Gasteiger partial charge in [-0.05, 0) is 18.2 Å². The number of amidine groups is 1. The number of benzene rings is 2. The van der Waals surface area contributed by atoms with Gasteiger partial charge in [0.05, 0.1) is 10.6 Å². The Kier molecular flexibility index (Phi) is 4.80. The lowest BCUT2D eigenvalue weighted by atomic mass is 9.97. The van der Waals surface area contributed by atoms with Crippen molar-refractivity contribution < 1.29 is 9.18 Å². The van der Waals surface area contributed by atoms with E-state index in [1.807, 2.05) is 24.3 Å². The molecule has 0 saturated carbocycles. The number of para-hydroxylation sites is 1. The Morgan fingerprint density at radius 3 is 2.89 bits per heavy atom. The predicted octanol–water partition coefficient (Wildman–Crippen LogP) is 4.27. The summed E-state index contributed by atoms with van der Waals surface area (Å²) in [5.74, 6) is -0.0881. The highest BCUT2D eigenvalue weighted by atomic mass is 35.5. The van der Waals surface area contributed by atoms with Crippen molar-refractivity contribution in [3.8, 4) is 0 Å². The molecule has 2 atom stereocenters. The van der Waals surface area contributed by atoms with Crippen molar-refractivity contribution in [3.63, 3.8) is 0 Å². The molecule has 0 bridgehead atoms. The lowest BCUT2D eigenvalue weighted by Crippen LogP contribution is -2.51. The molecule has 2 aliphatic rings. The smallest absolute Gasteiger partial charge is 0.255 e. The highest BCUT2D eigenvalue weighted by Crippen LogP contribution is 2.44. The third-order valence-electron chi connectivity index (χ3n) is 4.37. The first-order chi connectivity index (χ1) is 13.1. The number of hydrogen-bond acceptors (Lipinski definition) is 5. The summed E-state index contributed by atoms with van der Waals surface area (Å²) in [5, 5.41) is 13.0. The quantitative estimate of drug-likeness (QED) is 0.753. The van der Waals surface area contributed by atoms with Crippen LogP contribution in [0.5, 0.6) is 0 Å². The van der Waals surface area contributed by atoms with Crippen LogP contribution in [-0.2, 0) is 4.79 Å². The van der Waals surface area contributed by atoms with Gasteiger partial charge in [0.15, 0.2) is 11.2 Å². The molecule has 1 amide bonds. The number of hydrogen-bond donors (Lipinski definition) is 2. The van der Waals surface area contributed by atoms with Crippen LogP contribution in [0, 0.1) is 5.82 Å². The molecule has 2 N–H and O–H groups in total. The number of hydrazone groups is 1. The van der Waals surface area contributed by atoms with E-state index in [1.165, 1.54) is 17.8 Å². The number of thioether (sulfide) groups is 1. The first-order valence-corrected chi connectivity index (χ1v) is 9.67. The van der Waals surface area contributed by atoms with Crippen molar-refractivity contribution in [1.29, 1.82) is 0 Å². The number of amides is 1. The Morgan fingerprint density at radius 2 is 2.11 bits per heavy atom. The second-order valence-electron chi connectivity index (χ2n) is 6.05. The zero-order chi connectivity index (χ0) is 19.0. The Hall–Kier alpha value is -2.51. The van der Waals surface area contributed by atoms with Crippen molar-refractivity contribution in [1.82, 2.24) is 10.3 Å². The SMILES string of the molecule is C=CCSC1=NN2[C@@H](c3c(F)cccc3Cl)Nc3ccccc3[C@@H]2C(=O)N1. The zero-order valence-electron chi connectivity index (χ0n) is 14.2. The summed E-state index contributed by atoms with van der Waals surface area (Å²) in [5.41, 5.74) is 1.77. The number of nitrogens with one attached hydrogen (secondary N) is 2. The second kappa shape index (κ2) is 7.25. The van der Waals surface area contributed by atoms with Crippen molar-refractivity contribution in [3.05, 3.63) is 77.1 Å². The molecule has 0 fully saturated rings. The standard InChI is InChI=1S/C19H16ClFN4OS/c1-2-10-27-19-23-18(26)16-11-6-3-4-9-14(11)22-17(25(16)24-19)15-12(20)7-5-8-13(15)21/h2-9,16-17,22H,1,10H2,(H,23,24,26)/t16-,17+/m1/s1. The van der Waals surface area contributed by atoms with E-state index in [4.69, 9.17) is 11.6 Å². The summed E-state index contributed by atoms with van der Waals surface area (Å²) in [4.78, 5) is 12.9. The minimum Gasteiger partial charge on any atom is -0.360 e. The highest BCUT2D eigenvalue weighted by Gasteiger charge is 2.43. The minimum atomic E-state index is -0.719. The average molecular weight is 403 g/mol. The van der Waals surface area contributed by atoms with Gasteiger partial charge in [0.25, 0.3) is 5.91 Å². The van der Waals surface area contributed by atoms with Crippen LogP contribution in [0.15, 0.2) is 60.2 Å². The lowest BCUT2D eigenvalue weighted by Gasteiger charge is -2.43. The van der Waals surface area contributed by atoms with E-state index < -0.39 is 18.0 Å². The van der Waals surface area contributed by atoms with Gasteiger partial charge in [0.1, 0.15) is 12.0 Å². The molecule has 4 rings (SSSR count). The number of carbonyl (C=O) groups excluding carboxylic acids is 1. The van der Waals surface area contributed by atoms with Crippen LogP contribution in [0.1, 0.15) is 23.3 Å². The van der Waals surface area contributed by atoms with Crippen LogP contribution >= 0.6 is 23.4 Å².